The van der Waals surface area contributed by atoms with Gasteiger partial charge in [-0.2, -0.15) is 0 Å². The van der Waals surface area contributed by atoms with E-state index in [2.05, 4.69) is 215 Å². The van der Waals surface area contributed by atoms with Gasteiger partial charge in [0.15, 0.2) is 0 Å². The van der Waals surface area contributed by atoms with Crippen molar-refractivity contribution in [2.24, 2.45) is 0 Å². The third-order valence-corrected chi connectivity index (χ3v) is 12.6. The molecule has 3 aromatic heterocycles. The van der Waals surface area contributed by atoms with Crippen molar-refractivity contribution in [3.63, 3.8) is 0 Å². The number of anilines is 3. The minimum atomic E-state index is 0.899. The quantitative estimate of drug-likeness (QED) is 0.158. The number of hydrogen-bond donors (Lipinski definition) is 0. The number of furan rings is 1. The molecule has 0 bridgehead atoms. The lowest BCUT2D eigenvalue weighted by Crippen LogP contribution is -2.09. The lowest BCUT2D eigenvalue weighted by atomic mass is 9.84. The third-order valence-electron chi connectivity index (χ3n) is 11.7. The Hall–Kier alpha value is -7.40. The molecular formula is C54H34N2OS. The van der Waals surface area contributed by atoms with Gasteiger partial charge in [-0.05, 0) is 123 Å². The molecule has 0 aliphatic carbocycles. The molecule has 0 spiro atoms. The van der Waals surface area contributed by atoms with Crippen molar-refractivity contribution in [1.82, 2.24) is 4.57 Å². The van der Waals surface area contributed by atoms with Gasteiger partial charge in [0, 0.05) is 66.1 Å². The molecule has 12 rings (SSSR count). The second kappa shape index (κ2) is 13.1. The Morgan fingerprint density at radius 1 is 0.466 bits per heavy atom. The number of rotatable bonds is 6. The van der Waals surface area contributed by atoms with E-state index < -0.39 is 0 Å². The maximum Gasteiger partial charge on any atom is 0.143 e. The number of fused-ring (bicyclic) bond motifs is 9. The van der Waals surface area contributed by atoms with Crippen molar-refractivity contribution in [1.29, 1.82) is 0 Å². The van der Waals surface area contributed by atoms with Crippen molar-refractivity contribution in [3.8, 4) is 27.9 Å². The number of thiophene rings is 1. The van der Waals surface area contributed by atoms with Gasteiger partial charge in [0.2, 0.25) is 0 Å². The molecule has 0 radical (unpaired) electrons. The van der Waals surface area contributed by atoms with Gasteiger partial charge in [-0.25, -0.2) is 0 Å². The maximum absolute atomic E-state index is 6.90. The fourth-order valence-electron chi connectivity index (χ4n) is 9.07. The average Bonchev–Trinajstić information content (AvgIpc) is 4.02. The lowest BCUT2D eigenvalue weighted by molar-refractivity contribution is 0.673. The Morgan fingerprint density at radius 3 is 1.86 bits per heavy atom. The first-order valence-corrected chi connectivity index (χ1v) is 20.5. The van der Waals surface area contributed by atoms with E-state index in [4.69, 9.17) is 4.42 Å². The topological polar surface area (TPSA) is 21.3 Å². The van der Waals surface area contributed by atoms with Crippen LogP contribution in [-0.4, -0.2) is 4.57 Å². The van der Waals surface area contributed by atoms with E-state index in [1.807, 2.05) is 0 Å². The number of benzene rings is 9. The van der Waals surface area contributed by atoms with Crippen LogP contribution in [0, 0.1) is 0 Å². The summed E-state index contributed by atoms with van der Waals surface area (Å²) in [6, 6.07) is 69.9. The molecule has 4 heteroatoms. The van der Waals surface area contributed by atoms with Gasteiger partial charge in [0.25, 0.3) is 0 Å². The molecule has 0 aliphatic rings. The van der Waals surface area contributed by atoms with Crippen molar-refractivity contribution in [3.05, 3.63) is 206 Å². The first-order chi connectivity index (χ1) is 28.8. The first kappa shape index (κ1) is 32.8. The predicted octanol–water partition coefficient (Wildman–Crippen LogP) is 15.9. The Morgan fingerprint density at radius 2 is 1.10 bits per heavy atom. The molecule has 0 amide bonds. The van der Waals surface area contributed by atoms with Gasteiger partial charge < -0.3 is 13.9 Å². The van der Waals surface area contributed by atoms with Gasteiger partial charge in [0.05, 0.1) is 5.52 Å². The Balaban J connectivity index is 1.21. The van der Waals surface area contributed by atoms with Gasteiger partial charge in [-0.3, -0.25) is 0 Å². The van der Waals surface area contributed by atoms with Crippen LogP contribution < -0.4 is 4.90 Å². The van der Waals surface area contributed by atoms with Crippen LogP contribution in [0.1, 0.15) is 0 Å². The largest absolute Gasteiger partial charge is 0.455 e. The predicted molar refractivity (Wildman–Crippen MR) is 247 cm³/mol. The molecular weight excluding hydrogens is 725 g/mol. The summed E-state index contributed by atoms with van der Waals surface area (Å²) in [5.41, 5.74) is 12.3. The zero-order chi connectivity index (χ0) is 38.2. The molecule has 0 unspecified atom stereocenters. The molecule has 0 fully saturated rings. The Kier molecular flexibility index (Phi) is 7.40. The van der Waals surface area contributed by atoms with Crippen LogP contribution in [0.3, 0.4) is 0 Å². The molecule has 272 valence electrons. The van der Waals surface area contributed by atoms with Gasteiger partial charge in [-0.1, -0.05) is 109 Å². The number of hydrogen-bond acceptors (Lipinski definition) is 3. The highest BCUT2D eigenvalue weighted by Gasteiger charge is 2.24. The molecule has 0 saturated heterocycles. The summed E-state index contributed by atoms with van der Waals surface area (Å²) in [6.07, 6.45) is 2.20. The van der Waals surface area contributed by atoms with Crippen LogP contribution in [0.2, 0.25) is 0 Å². The van der Waals surface area contributed by atoms with Gasteiger partial charge in [0.1, 0.15) is 11.2 Å². The molecule has 9 aromatic carbocycles. The summed E-state index contributed by atoms with van der Waals surface area (Å²) < 4.78 is 10.5. The molecule has 3 nitrogen and oxygen atoms in total. The second-order valence-electron chi connectivity index (χ2n) is 14.9. The van der Waals surface area contributed by atoms with E-state index in [-0.39, 0.29) is 0 Å². The van der Waals surface area contributed by atoms with E-state index in [9.17, 15) is 0 Å². The molecule has 0 atom stereocenters. The highest BCUT2D eigenvalue weighted by Crippen LogP contribution is 2.51. The van der Waals surface area contributed by atoms with E-state index in [1.54, 1.807) is 11.3 Å². The molecule has 0 saturated carbocycles. The fourth-order valence-corrected chi connectivity index (χ4v) is 10.0. The molecule has 12 aromatic rings. The van der Waals surface area contributed by atoms with E-state index in [1.165, 1.54) is 48.3 Å². The van der Waals surface area contributed by atoms with Crippen LogP contribution in [0.5, 0.6) is 0 Å². The van der Waals surface area contributed by atoms with Crippen molar-refractivity contribution < 1.29 is 4.42 Å². The molecule has 58 heavy (non-hydrogen) atoms. The second-order valence-corrected chi connectivity index (χ2v) is 15.8. The zero-order valence-electron chi connectivity index (χ0n) is 31.3. The normalized spacial score (nSPS) is 11.8. The standard InChI is InChI=1S/C54H34N2OS/c1-4-14-37(15-5-1)55-31-30-36-32-45-46(33-48(36)55)53-44(29-28-43-41-20-10-12-22-49(41)57-54(43)53)52(47-34-58-50-23-13-11-21-42(47)50)51(45)35-24-26-40(27-25-35)56(38-16-6-2-7-17-38)39-18-8-3-9-19-39/h1-34H. The Labute approximate surface area is 338 Å². The first-order valence-electron chi connectivity index (χ1n) is 19.7. The van der Waals surface area contributed by atoms with Crippen LogP contribution >= 0.6 is 11.3 Å². The summed E-state index contributed by atoms with van der Waals surface area (Å²) >= 11 is 1.81. The average molecular weight is 759 g/mol. The minimum absolute atomic E-state index is 0.899. The van der Waals surface area contributed by atoms with E-state index in [0.717, 1.165) is 61.2 Å². The summed E-state index contributed by atoms with van der Waals surface area (Å²) in [6.45, 7) is 0. The SMILES string of the molecule is c1ccc(N(c2ccccc2)c2ccc(-c3c(-c4csc5ccccc45)c4ccc5c6ccccc6oc5c4c4cc5c(ccn5-c5ccccc5)cc34)cc2)cc1. The maximum atomic E-state index is 6.90. The van der Waals surface area contributed by atoms with E-state index >= 15 is 0 Å². The minimum Gasteiger partial charge on any atom is -0.455 e. The van der Waals surface area contributed by atoms with E-state index in [0.29, 0.717) is 0 Å². The highest BCUT2D eigenvalue weighted by molar-refractivity contribution is 7.17. The monoisotopic (exact) mass is 758 g/mol. The smallest absolute Gasteiger partial charge is 0.143 e. The highest BCUT2D eigenvalue weighted by atomic mass is 32.1. The molecule has 0 N–H and O–H groups in total. The van der Waals surface area contributed by atoms with Crippen LogP contribution in [-0.2, 0) is 0 Å². The van der Waals surface area contributed by atoms with Crippen molar-refractivity contribution in [2.75, 3.05) is 4.90 Å². The Bertz CT molecular complexity index is 3450. The van der Waals surface area contributed by atoms with Gasteiger partial charge in [-0.15, -0.1) is 11.3 Å². The molecule has 3 heterocycles. The molecule has 0 aliphatic heterocycles. The number of para-hydroxylation sites is 4. The number of aromatic nitrogens is 1. The van der Waals surface area contributed by atoms with Gasteiger partial charge >= 0.3 is 0 Å². The summed E-state index contributed by atoms with van der Waals surface area (Å²) in [5, 5.41) is 11.7. The zero-order valence-corrected chi connectivity index (χ0v) is 32.2. The van der Waals surface area contributed by atoms with Crippen LogP contribution in [0.15, 0.2) is 210 Å². The van der Waals surface area contributed by atoms with Crippen molar-refractivity contribution >= 4 is 92.9 Å². The fraction of sp³-hybridized carbons (Fsp3) is 0. The van der Waals surface area contributed by atoms with Crippen LogP contribution in [0.25, 0.3) is 92.4 Å². The lowest BCUT2D eigenvalue weighted by Gasteiger charge is -2.26. The third kappa shape index (κ3) is 5.05. The summed E-state index contributed by atoms with van der Waals surface area (Å²) in [4.78, 5) is 2.32. The van der Waals surface area contributed by atoms with Crippen LogP contribution in [0.4, 0.5) is 17.1 Å². The summed E-state index contributed by atoms with van der Waals surface area (Å²) in [7, 11) is 0. The summed E-state index contributed by atoms with van der Waals surface area (Å²) in [5.74, 6) is 0. The van der Waals surface area contributed by atoms with Crippen molar-refractivity contribution in [2.45, 2.75) is 0 Å². The number of nitrogens with zero attached hydrogens (tertiary/aromatic N) is 2.